The van der Waals surface area contributed by atoms with Gasteiger partial charge in [-0.25, -0.2) is 4.79 Å². The van der Waals surface area contributed by atoms with Crippen molar-refractivity contribution >= 4 is 5.97 Å². The first-order valence-electron chi connectivity index (χ1n) is 4.38. The van der Waals surface area contributed by atoms with Gasteiger partial charge in [-0.1, -0.05) is 20.8 Å². The lowest BCUT2D eigenvalue weighted by atomic mass is 9.88. The zero-order valence-corrected chi connectivity index (χ0v) is 9.05. The molecule has 0 fully saturated rings. The zero-order valence-electron chi connectivity index (χ0n) is 9.05. The third kappa shape index (κ3) is 5.28. The number of carbonyl (C=O) groups is 1. The number of esters is 1. The Balaban J connectivity index is 3.89. The number of nitrogens with one attached hydrogen (secondary N) is 1. The fourth-order valence-electron chi connectivity index (χ4n) is 0.579. The van der Waals surface area contributed by atoms with Crippen molar-refractivity contribution in [3.8, 4) is 0 Å². The SMILES string of the molecule is COC(=O)/C=C/NC(C)C(C)(C)C. The molecule has 1 unspecified atom stereocenters. The van der Waals surface area contributed by atoms with Gasteiger partial charge in [-0.3, -0.25) is 0 Å². The molecule has 0 aliphatic heterocycles. The molecule has 0 saturated carbocycles. The van der Waals surface area contributed by atoms with Crippen molar-refractivity contribution in [2.45, 2.75) is 33.7 Å². The smallest absolute Gasteiger partial charge is 0.331 e. The number of hydrogen-bond acceptors (Lipinski definition) is 3. The number of hydrogen-bond donors (Lipinski definition) is 1. The molecule has 0 aromatic heterocycles. The Morgan fingerprint density at radius 3 is 2.38 bits per heavy atom. The summed E-state index contributed by atoms with van der Waals surface area (Å²) >= 11 is 0. The van der Waals surface area contributed by atoms with Crippen LogP contribution in [0.4, 0.5) is 0 Å². The van der Waals surface area contributed by atoms with Crippen LogP contribution in [0.25, 0.3) is 0 Å². The van der Waals surface area contributed by atoms with Gasteiger partial charge in [0, 0.05) is 18.3 Å². The Kier molecular flexibility index (Phi) is 4.52. The average molecular weight is 185 g/mol. The minimum Gasteiger partial charge on any atom is -0.466 e. The average Bonchev–Trinajstić information content (AvgIpc) is 2.02. The highest BCUT2D eigenvalue weighted by molar-refractivity contribution is 5.81. The summed E-state index contributed by atoms with van der Waals surface area (Å²) in [4.78, 5) is 10.7. The maximum atomic E-state index is 10.7. The summed E-state index contributed by atoms with van der Waals surface area (Å²) < 4.78 is 4.45. The van der Waals surface area contributed by atoms with Crippen molar-refractivity contribution in [2.24, 2.45) is 5.41 Å². The highest BCUT2D eigenvalue weighted by Crippen LogP contribution is 2.18. The standard InChI is InChI=1S/C10H19NO2/c1-8(10(2,3)4)11-7-6-9(12)13-5/h6-8,11H,1-5H3/b7-6+. The number of rotatable bonds is 3. The molecule has 0 spiro atoms. The number of carbonyl (C=O) groups excluding carboxylic acids is 1. The van der Waals surface area contributed by atoms with E-state index in [0.717, 1.165) is 0 Å². The third-order valence-electron chi connectivity index (χ3n) is 2.07. The van der Waals surface area contributed by atoms with Crippen molar-refractivity contribution in [1.29, 1.82) is 0 Å². The van der Waals surface area contributed by atoms with E-state index in [2.05, 4.69) is 37.7 Å². The summed E-state index contributed by atoms with van der Waals surface area (Å²) in [7, 11) is 1.36. The van der Waals surface area contributed by atoms with Gasteiger partial charge in [0.25, 0.3) is 0 Å². The molecule has 0 saturated heterocycles. The quantitative estimate of drug-likeness (QED) is 0.537. The van der Waals surface area contributed by atoms with Crippen LogP contribution in [-0.4, -0.2) is 19.1 Å². The first-order chi connectivity index (χ1) is 5.88. The van der Waals surface area contributed by atoms with Crippen LogP contribution >= 0.6 is 0 Å². The van der Waals surface area contributed by atoms with E-state index in [1.165, 1.54) is 13.2 Å². The fourth-order valence-corrected chi connectivity index (χ4v) is 0.579. The van der Waals surface area contributed by atoms with Crippen molar-refractivity contribution in [3.05, 3.63) is 12.3 Å². The van der Waals surface area contributed by atoms with Gasteiger partial charge in [-0.2, -0.15) is 0 Å². The van der Waals surface area contributed by atoms with Crippen LogP contribution in [0.15, 0.2) is 12.3 Å². The monoisotopic (exact) mass is 185 g/mol. The fraction of sp³-hybridized carbons (Fsp3) is 0.700. The van der Waals surface area contributed by atoms with Gasteiger partial charge in [0.2, 0.25) is 0 Å². The summed E-state index contributed by atoms with van der Waals surface area (Å²) in [5, 5.41) is 3.11. The van der Waals surface area contributed by atoms with E-state index >= 15 is 0 Å². The maximum absolute atomic E-state index is 10.7. The highest BCUT2D eigenvalue weighted by atomic mass is 16.5. The van der Waals surface area contributed by atoms with E-state index in [9.17, 15) is 4.79 Å². The summed E-state index contributed by atoms with van der Waals surface area (Å²) in [5.74, 6) is -0.339. The van der Waals surface area contributed by atoms with Gasteiger partial charge >= 0.3 is 5.97 Å². The molecule has 1 atom stereocenters. The van der Waals surface area contributed by atoms with Gasteiger partial charge < -0.3 is 10.1 Å². The molecule has 0 heterocycles. The van der Waals surface area contributed by atoms with Gasteiger partial charge in [0.1, 0.15) is 0 Å². The minimum atomic E-state index is -0.339. The Morgan fingerprint density at radius 2 is 2.00 bits per heavy atom. The zero-order chi connectivity index (χ0) is 10.5. The van der Waals surface area contributed by atoms with E-state index in [4.69, 9.17) is 0 Å². The number of ether oxygens (including phenoxy) is 1. The third-order valence-corrected chi connectivity index (χ3v) is 2.07. The normalized spacial score (nSPS) is 14.2. The van der Waals surface area contributed by atoms with Crippen LogP contribution < -0.4 is 5.32 Å². The molecule has 76 valence electrons. The second-order valence-electron chi connectivity index (χ2n) is 4.11. The Labute approximate surface area is 80.2 Å². The van der Waals surface area contributed by atoms with Crippen LogP contribution in [0.1, 0.15) is 27.7 Å². The Hall–Kier alpha value is -0.990. The molecular weight excluding hydrogens is 166 g/mol. The lowest BCUT2D eigenvalue weighted by molar-refractivity contribution is -0.134. The molecule has 0 aliphatic carbocycles. The summed E-state index contributed by atoms with van der Waals surface area (Å²) in [6.45, 7) is 8.48. The van der Waals surface area contributed by atoms with E-state index in [1.807, 2.05) is 0 Å². The van der Waals surface area contributed by atoms with E-state index in [0.29, 0.717) is 6.04 Å². The molecule has 0 aliphatic rings. The summed E-state index contributed by atoms with van der Waals surface area (Å²) in [5.41, 5.74) is 0.181. The van der Waals surface area contributed by atoms with E-state index < -0.39 is 0 Å². The minimum absolute atomic E-state index is 0.181. The molecule has 0 bridgehead atoms. The predicted octanol–water partition coefficient (Wildman–Crippen LogP) is 1.70. The van der Waals surface area contributed by atoms with Crippen LogP contribution in [-0.2, 0) is 9.53 Å². The molecule has 3 heteroatoms. The molecule has 0 radical (unpaired) electrons. The van der Waals surface area contributed by atoms with Gasteiger partial charge in [-0.15, -0.1) is 0 Å². The van der Waals surface area contributed by atoms with Crippen LogP contribution in [0.5, 0.6) is 0 Å². The highest BCUT2D eigenvalue weighted by Gasteiger charge is 2.17. The molecular formula is C10H19NO2. The predicted molar refractivity (Wildman–Crippen MR) is 53.2 cm³/mol. The largest absolute Gasteiger partial charge is 0.466 e. The molecule has 0 rings (SSSR count). The molecule has 13 heavy (non-hydrogen) atoms. The van der Waals surface area contributed by atoms with Crippen molar-refractivity contribution in [2.75, 3.05) is 7.11 Å². The lowest BCUT2D eigenvalue weighted by Gasteiger charge is -2.27. The second kappa shape index (κ2) is 4.90. The Bertz CT molecular complexity index is 192. The van der Waals surface area contributed by atoms with Gasteiger partial charge in [-0.05, 0) is 12.3 Å². The van der Waals surface area contributed by atoms with Gasteiger partial charge in [0.05, 0.1) is 7.11 Å². The number of methoxy groups -OCH3 is 1. The van der Waals surface area contributed by atoms with Crippen molar-refractivity contribution in [1.82, 2.24) is 5.32 Å². The topological polar surface area (TPSA) is 38.3 Å². The second-order valence-corrected chi connectivity index (χ2v) is 4.11. The van der Waals surface area contributed by atoms with Crippen molar-refractivity contribution in [3.63, 3.8) is 0 Å². The molecule has 3 nitrogen and oxygen atoms in total. The molecule has 0 aromatic carbocycles. The van der Waals surface area contributed by atoms with Crippen LogP contribution in [0.2, 0.25) is 0 Å². The molecule has 1 N–H and O–H groups in total. The maximum Gasteiger partial charge on any atom is 0.331 e. The van der Waals surface area contributed by atoms with E-state index in [1.54, 1.807) is 6.20 Å². The van der Waals surface area contributed by atoms with E-state index in [-0.39, 0.29) is 11.4 Å². The van der Waals surface area contributed by atoms with Crippen molar-refractivity contribution < 1.29 is 9.53 Å². The molecule has 0 aromatic rings. The molecule has 0 amide bonds. The van der Waals surface area contributed by atoms with Crippen LogP contribution in [0.3, 0.4) is 0 Å². The van der Waals surface area contributed by atoms with Crippen LogP contribution in [0, 0.1) is 5.41 Å². The first-order valence-corrected chi connectivity index (χ1v) is 4.38. The van der Waals surface area contributed by atoms with Gasteiger partial charge in [0.15, 0.2) is 0 Å². The summed E-state index contributed by atoms with van der Waals surface area (Å²) in [6.07, 6.45) is 3.00. The Morgan fingerprint density at radius 1 is 1.46 bits per heavy atom. The first kappa shape index (κ1) is 12.0. The lowest BCUT2D eigenvalue weighted by Crippen LogP contribution is -2.34. The summed E-state index contributed by atoms with van der Waals surface area (Å²) in [6, 6.07) is 0.313.